The number of nitrogens with one attached hydrogen (secondary N) is 1. The zero-order valence-corrected chi connectivity index (χ0v) is 11.1. The van der Waals surface area contributed by atoms with Crippen LogP contribution in [0.1, 0.15) is 24.4 Å². The predicted octanol–water partition coefficient (Wildman–Crippen LogP) is 4.44. The van der Waals surface area contributed by atoms with Gasteiger partial charge >= 0.3 is 0 Å². The summed E-state index contributed by atoms with van der Waals surface area (Å²) in [5.74, 6) is 0.703. The number of nitrogens with zero attached hydrogens (tertiary/aromatic N) is 1. The molecule has 1 heterocycles. The Bertz CT molecular complexity index is 567. The van der Waals surface area contributed by atoms with Gasteiger partial charge in [-0.2, -0.15) is 4.39 Å². The first-order chi connectivity index (χ1) is 9.22. The van der Waals surface area contributed by atoms with Crippen LogP contribution in [-0.4, -0.2) is 4.98 Å². The van der Waals surface area contributed by atoms with E-state index in [0.717, 1.165) is 10.6 Å². The second-order valence-corrected chi connectivity index (χ2v) is 5.29. The molecule has 1 unspecified atom stereocenters. The maximum absolute atomic E-state index is 13.1. The molecule has 1 atom stereocenters. The molecule has 1 aromatic heterocycles. The van der Waals surface area contributed by atoms with Crippen LogP contribution in [0.25, 0.3) is 0 Å². The van der Waals surface area contributed by atoms with E-state index in [1.54, 1.807) is 12.1 Å². The minimum absolute atomic E-state index is 0.173. The fourth-order valence-corrected chi connectivity index (χ4v) is 2.35. The summed E-state index contributed by atoms with van der Waals surface area (Å²) in [5, 5.41) is 4.05. The Kier molecular flexibility index (Phi) is 3.38. The van der Waals surface area contributed by atoms with Crippen LogP contribution in [0.2, 0.25) is 5.02 Å². The molecule has 19 heavy (non-hydrogen) atoms. The number of benzene rings is 1. The maximum Gasteiger partial charge on any atom is 0.214 e. The Hall–Kier alpha value is -1.61. The molecule has 1 aliphatic rings. The van der Waals surface area contributed by atoms with Gasteiger partial charge in [-0.3, -0.25) is 0 Å². The van der Waals surface area contributed by atoms with Gasteiger partial charge in [-0.1, -0.05) is 29.8 Å². The first-order valence-corrected chi connectivity index (χ1v) is 6.75. The molecule has 0 bridgehead atoms. The van der Waals surface area contributed by atoms with Crippen molar-refractivity contribution in [3.63, 3.8) is 0 Å². The van der Waals surface area contributed by atoms with Crippen LogP contribution in [-0.2, 0) is 0 Å². The second-order valence-electron chi connectivity index (χ2n) is 4.86. The van der Waals surface area contributed by atoms with Crippen molar-refractivity contribution in [3.05, 3.63) is 59.0 Å². The number of pyridine rings is 1. The Labute approximate surface area is 116 Å². The second kappa shape index (κ2) is 5.17. The molecule has 0 aliphatic heterocycles. The van der Waals surface area contributed by atoms with Crippen molar-refractivity contribution < 1.29 is 4.39 Å². The molecule has 1 saturated carbocycles. The van der Waals surface area contributed by atoms with Gasteiger partial charge in [0, 0.05) is 5.02 Å². The summed E-state index contributed by atoms with van der Waals surface area (Å²) >= 11 is 5.91. The fourth-order valence-electron chi connectivity index (χ4n) is 2.22. The number of anilines is 1. The first-order valence-electron chi connectivity index (χ1n) is 6.37. The molecule has 1 N–H and O–H groups in total. The Morgan fingerprint density at radius 1 is 1.16 bits per heavy atom. The monoisotopic (exact) mass is 276 g/mol. The molecule has 0 amide bonds. The van der Waals surface area contributed by atoms with Gasteiger partial charge in [0.15, 0.2) is 0 Å². The van der Waals surface area contributed by atoms with Crippen molar-refractivity contribution in [3.8, 4) is 0 Å². The summed E-state index contributed by atoms with van der Waals surface area (Å²) in [6.45, 7) is 0. The normalized spacial score (nSPS) is 16.1. The van der Waals surface area contributed by atoms with Gasteiger partial charge in [0.1, 0.15) is 5.82 Å². The van der Waals surface area contributed by atoms with Crippen LogP contribution in [0.3, 0.4) is 0 Å². The summed E-state index contributed by atoms with van der Waals surface area (Å²) < 4.78 is 13.1. The van der Waals surface area contributed by atoms with E-state index in [-0.39, 0.29) is 6.04 Å². The average molecular weight is 277 g/mol. The molecule has 2 aromatic rings. The molecular weight excluding hydrogens is 263 g/mol. The van der Waals surface area contributed by atoms with Crippen molar-refractivity contribution in [2.45, 2.75) is 18.9 Å². The Morgan fingerprint density at radius 3 is 2.53 bits per heavy atom. The minimum atomic E-state index is -0.462. The van der Waals surface area contributed by atoms with E-state index in [1.165, 1.54) is 18.9 Å². The lowest BCUT2D eigenvalue weighted by atomic mass is 10.0. The van der Waals surface area contributed by atoms with Gasteiger partial charge in [-0.25, -0.2) is 4.98 Å². The molecule has 0 radical (unpaired) electrons. The Morgan fingerprint density at radius 2 is 1.89 bits per heavy atom. The predicted molar refractivity (Wildman–Crippen MR) is 74.7 cm³/mol. The van der Waals surface area contributed by atoms with E-state index in [4.69, 9.17) is 11.6 Å². The van der Waals surface area contributed by atoms with E-state index in [2.05, 4.69) is 10.3 Å². The highest BCUT2D eigenvalue weighted by Crippen LogP contribution is 2.42. The molecule has 2 nitrogen and oxygen atoms in total. The van der Waals surface area contributed by atoms with Crippen molar-refractivity contribution in [1.82, 2.24) is 4.98 Å². The average Bonchev–Trinajstić information content (AvgIpc) is 3.22. The van der Waals surface area contributed by atoms with Crippen LogP contribution >= 0.6 is 11.6 Å². The lowest BCUT2D eigenvalue weighted by Crippen LogP contribution is -2.14. The van der Waals surface area contributed by atoms with Gasteiger partial charge in [0.05, 0.1) is 6.04 Å². The number of hydrogen-bond acceptors (Lipinski definition) is 2. The summed E-state index contributed by atoms with van der Waals surface area (Å²) in [6.07, 6.45) is 2.38. The summed E-state index contributed by atoms with van der Waals surface area (Å²) in [4.78, 5) is 3.86. The number of aromatic nitrogens is 1. The van der Waals surface area contributed by atoms with Gasteiger partial charge in [0.2, 0.25) is 5.95 Å². The van der Waals surface area contributed by atoms with Gasteiger partial charge in [-0.05, 0) is 48.6 Å². The van der Waals surface area contributed by atoms with Gasteiger partial charge in [-0.15, -0.1) is 0 Å². The molecule has 1 aliphatic carbocycles. The summed E-state index contributed by atoms with van der Waals surface area (Å²) in [7, 11) is 0. The molecule has 4 heteroatoms. The molecular formula is C15H14ClFN2. The fraction of sp³-hybridized carbons (Fsp3) is 0.267. The zero-order chi connectivity index (χ0) is 13.2. The largest absolute Gasteiger partial charge is 0.363 e. The number of rotatable bonds is 4. The highest BCUT2D eigenvalue weighted by molar-refractivity contribution is 6.30. The third kappa shape index (κ3) is 3.04. The third-order valence-corrected chi connectivity index (χ3v) is 3.59. The van der Waals surface area contributed by atoms with E-state index < -0.39 is 5.95 Å². The van der Waals surface area contributed by atoms with Gasteiger partial charge in [0.25, 0.3) is 0 Å². The van der Waals surface area contributed by atoms with Crippen LogP contribution in [0.15, 0.2) is 42.5 Å². The summed E-state index contributed by atoms with van der Waals surface area (Å²) in [5.41, 5.74) is 1.16. The van der Waals surface area contributed by atoms with Crippen molar-refractivity contribution >= 4 is 17.4 Å². The van der Waals surface area contributed by atoms with E-state index >= 15 is 0 Å². The quantitative estimate of drug-likeness (QED) is 0.835. The van der Waals surface area contributed by atoms with E-state index in [0.29, 0.717) is 11.7 Å². The molecule has 98 valence electrons. The molecule has 1 aromatic carbocycles. The summed E-state index contributed by atoms with van der Waals surface area (Å²) in [6, 6.07) is 12.8. The number of halogens is 2. The van der Waals surface area contributed by atoms with E-state index in [9.17, 15) is 4.39 Å². The highest BCUT2D eigenvalue weighted by atomic mass is 35.5. The first kappa shape index (κ1) is 12.4. The van der Waals surface area contributed by atoms with Crippen LogP contribution in [0.5, 0.6) is 0 Å². The van der Waals surface area contributed by atoms with Crippen molar-refractivity contribution in [2.75, 3.05) is 5.32 Å². The standard InChI is InChI=1S/C15H14ClFN2/c16-12-8-6-11(7-9-12)15(10-4-5-10)19-14-3-1-2-13(17)18-14/h1-3,6-10,15H,4-5H2,(H,18,19). The SMILES string of the molecule is Fc1cccc(NC(c2ccc(Cl)cc2)C2CC2)n1. The van der Waals surface area contributed by atoms with Gasteiger partial charge < -0.3 is 5.32 Å². The van der Waals surface area contributed by atoms with Crippen LogP contribution < -0.4 is 5.32 Å². The molecule has 3 rings (SSSR count). The third-order valence-electron chi connectivity index (χ3n) is 3.34. The zero-order valence-electron chi connectivity index (χ0n) is 10.3. The van der Waals surface area contributed by atoms with Crippen molar-refractivity contribution in [1.29, 1.82) is 0 Å². The maximum atomic E-state index is 13.1. The Balaban J connectivity index is 1.83. The lowest BCUT2D eigenvalue weighted by molar-refractivity contribution is 0.581. The lowest BCUT2D eigenvalue weighted by Gasteiger charge is -2.19. The smallest absolute Gasteiger partial charge is 0.214 e. The van der Waals surface area contributed by atoms with E-state index in [1.807, 2.05) is 24.3 Å². The highest BCUT2D eigenvalue weighted by Gasteiger charge is 2.32. The van der Waals surface area contributed by atoms with Crippen LogP contribution in [0.4, 0.5) is 10.2 Å². The van der Waals surface area contributed by atoms with Crippen molar-refractivity contribution in [2.24, 2.45) is 5.92 Å². The molecule has 0 saturated heterocycles. The number of hydrogen-bond donors (Lipinski definition) is 1. The van der Waals surface area contributed by atoms with Crippen LogP contribution in [0, 0.1) is 11.9 Å². The topological polar surface area (TPSA) is 24.9 Å². The molecule has 0 spiro atoms. The minimum Gasteiger partial charge on any atom is -0.363 e. The molecule has 1 fully saturated rings.